The van der Waals surface area contributed by atoms with Gasteiger partial charge in [-0.1, -0.05) is 12.1 Å². The van der Waals surface area contributed by atoms with Crippen LogP contribution in [0.25, 0.3) is 0 Å². The van der Waals surface area contributed by atoms with Crippen LogP contribution in [0.1, 0.15) is 32.4 Å². The molecule has 6 heteroatoms. The maximum Gasteiger partial charge on any atom is 0.191 e. The molecule has 0 spiro atoms. The van der Waals surface area contributed by atoms with Gasteiger partial charge in [-0.2, -0.15) is 0 Å². The van der Waals surface area contributed by atoms with Gasteiger partial charge in [0.2, 0.25) is 0 Å². The number of aliphatic hydroxyl groups excluding tert-OH is 1. The molecule has 1 aromatic carbocycles. The Morgan fingerprint density at radius 1 is 1.22 bits per heavy atom. The Morgan fingerprint density at radius 3 is 2.48 bits per heavy atom. The highest BCUT2D eigenvalue weighted by molar-refractivity contribution is 5.79. The molecule has 1 aromatic rings. The van der Waals surface area contributed by atoms with Crippen molar-refractivity contribution in [1.82, 2.24) is 10.6 Å². The van der Waals surface area contributed by atoms with Gasteiger partial charge in [0.05, 0.1) is 25.4 Å². The van der Waals surface area contributed by atoms with Gasteiger partial charge in [0.1, 0.15) is 5.75 Å². The predicted molar refractivity (Wildman–Crippen MR) is 93.0 cm³/mol. The quantitative estimate of drug-likeness (QED) is 0.366. The zero-order valence-electron chi connectivity index (χ0n) is 14.5. The Morgan fingerprint density at radius 2 is 1.91 bits per heavy atom. The number of aliphatic hydroxyl groups is 1. The fourth-order valence-electron chi connectivity index (χ4n) is 1.94. The molecule has 0 aliphatic heterocycles. The minimum atomic E-state index is -0.652. The molecule has 0 aliphatic carbocycles. The van der Waals surface area contributed by atoms with Gasteiger partial charge in [0, 0.05) is 20.2 Å². The molecular formula is C17H29N3O3. The normalized spacial score (nSPS) is 13.0. The SMILES string of the molecule is CCNC(=NCC(O)c1ccc(OC(C)C)cc1)NCCOC. The highest BCUT2D eigenvalue weighted by atomic mass is 16.5. The summed E-state index contributed by atoms with van der Waals surface area (Å²) < 4.78 is 10.6. The number of nitrogens with one attached hydrogen (secondary N) is 2. The van der Waals surface area contributed by atoms with Crippen molar-refractivity contribution in [3.05, 3.63) is 29.8 Å². The standard InChI is InChI=1S/C17H29N3O3/c1-5-18-17(19-10-11-22-4)20-12-16(21)14-6-8-15(9-7-14)23-13(2)3/h6-9,13,16,21H,5,10-12H2,1-4H3,(H2,18,19,20). The van der Waals surface area contributed by atoms with Gasteiger partial charge in [-0.05, 0) is 38.5 Å². The van der Waals surface area contributed by atoms with Crippen molar-refractivity contribution in [2.45, 2.75) is 33.0 Å². The third kappa shape index (κ3) is 7.85. The van der Waals surface area contributed by atoms with E-state index in [0.29, 0.717) is 19.1 Å². The van der Waals surface area contributed by atoms with Crippen LogP contribution >= 0.6 is 0 Å². The number of methoxy groups -OCH3 is 1. The van der Waals surface area contributed by atoms with E-state index in [1.807, 2.05) is 45.0 Å². The monoisotopic (exact) mass is 323 g/mol. The van der Waals surface area contributed by atoms with E-state index in [1.165, 1.54) is 0 Å². The summed E-state index contributed by atoms with van der Waals surface area (Å²) >= 11 is 0. The molecule has 6 nitrogen and oxygen atoms in total. The summed E-state index contributed by atoms with van der Waals surface area (Å²) in [4.78, 5) is 4.39. The number of guanidine groups is 1. The van der Waals surface area contributed by atoms with Crippen molar-refractivity contribution in [2.75, 3.05) is 33.4 Å². The molecule has 23 heavy (non-hydrogen) atoms. The molecule has 1 unspecified atom stereocenters. The van der Waals surface area contributed by atoms with Gasteiger partial charge in [0.15, 0.2) is 5.96 Å². The number of rotatable bonds is 9. The van der Waals surface area contributed by atoms with Crippen LogP contribution in [0.15, 0.2) is 29.3 Å². The summed E-state index contributed by atoms with van der Waals surface area (Å²) in [6.45, 7) is 8.27. The maximum absolute atomic E-state index is 10.3. The van der Waals surface area contributed by atoms with Crippen molar-refractivity contribution in [3.63, 3.8) is 0 Å². The summed E-state index contributed by atoms with van der Waals surface area (Å²) in [5.74, 6) is 1.47. The van der Waals surface area contributed by atoms with E-state index in [2.05, 4.69) is 15.6 Å². The lowest BCUT2D eigenvalue weighted by Crippen LogP contribution is -2.39. The molecule has 0 fully saturated rings. The second-order valence-corrected chi connectivity index (χ2v) is 5.39. The summed E-state index contributed by atoms with van der Waals surface area (Å²) in [7, 11) is 1.65. The number of hydrogen-bond donors (Lipinski definition) is 3. The van der Waals surface area contributed by atoms with E-state index in [1.54, 1.807) is 7.11 Å². The molecule has 0 bridgehead atoms. The third-order valence-electron chi connectivity index (χ3n) is 3.00. The zero-order valence-corrected chi connectivity index (χ0v) is 14.5. The Bertz CT molecular complexity index is 461. The van der Waals surface area contributed by atoms with Gasteiger partial charge >= 0.3 is 0 Å². The van der Waals surface area contributed by atoms with Crippen molar-refractivity contribution in [1.29, 1.82) is 0 Å². The fraction of sp³-hybridized carbons (Fsp3) is 0.588. The molecule has 0 heterocycles. The van der Waals surface area contributed by atoms with Crippen LogP contribution in [0.3, 0.4) is 0 Å². The molecule has 0 saturated heterocycles. The topological polar surface area (TPSA) is 75.1 Å². The second-order valence-electron chi connectivity index (χ2n) is 5.39. The van der Waals surface area contributed by atoms with E-state index in [9.17, 15) is 5.11 Å². The molecule has 0 amide bonds. The number of hydrogen-bond acceptors (Lipinski definition) is 4. The second kappa shape index (κ2) is 10.9. The van der Waals surface area contributed by atoms with Crippen LogP contribution in [0.5, 0.6) is 5.75 Å². The van der Waals surface area contributed by atoms with E-state index in [0.717, 1.165) is 17.9 Å². The average Bonchev–Trinajstić information content (AvgIpc) is 2.52. The molecule has 0 aromatic heterocycles. The molecular weight excluding hydrogens is 294 g/mol. The van der Waals surface area contributed by atoms with Crippen LogP contribution in [0.2, 0.25) is 0 Å². The highest BCUT2D eigenvalue weighted by Crippen LogP contribution is 2.18. The fourth-order valence-corrected chi connectivity index (χ4v) is 1.94. The summed E-state index contributed by atoms with van der Waals surface area (Å²) in [6, 6.07) is 7.46. The molecule has 0 saturated carbocycles. The van der Waals surface area contributed by atoms with Crippen molar-refractivity contribution in [2.24, 2.45) is 4.99 Å². The number of benzene rings is 1. The third-order valence-corrected chi connectivity index (χ3v) is 3.00. The predicted octanol–water partition coefficient (Wildman–Crippen LogP) is 1.71. The Kier molecular flexibility index (Phi) is 9.09. The minimum absolute atomic E-state index is 0.135. The molecule has 1 atom stereocenters. The van der Waals surface area contributed by atoms with Gasteiger partial charge in [-0.15, -0.1) is 0 Å². The Labute approximate surface area is 138 Å². The maximum atomic E-state index is 10.3. The van der Waals surface area contributed by atoms with Gasteiger partial charge < -0.3 is 25.2 Å². The number of nitrogens with zero attached hydrogens (tertiary/aromatic N) is 1. The molecule has 0 radical (unpaired) electrons. The van der Waals surface area contributed by atoms with E-state index < -0.39 is 6.10 Å². The first-order valence-electron chi connectivity index (χ1n) is 8.02. The minimum Gasteiger partial charge on any atom is -0.491 e. The summed E-state index contributed by atoms with van der Waals surface area (Å²) in [5.41, 5.74) is 0.817. The number of aliphatic imine (C=N–C) groups is 1. The first-order valence-corrected chi connectivity index (χ1v) is 8.02. The summed E-state index contributed by atoms with van der Waals surface area (Å²) in [6.07, 6.45) is -0.516. The molecule has 3 N–H and O–H groups in total. The lowest BCUT2D eigenvalue weighted by atomic mass is 10.1. The van der Waals surface area contributed by atoms with Crippen LogP contribution in [0, 0.1) is 0 Å². The first-order chi connectivity index (χ1) is 11.1. The Hall–Kier alpha value is -1.79. The van der Waals surface area contributed by atoms with Crippen molar-refractivity contribution in [3.8, 4) is 5.75 Å². The highest BCUT2D eigenvalue weighted by Gasteiger charge is 2.08. The first kappa shape index (κ1) is 19.3. The van der Waals surface area contributed by atoms with E-state index in [-0.39, 0.29) is 12.6 Å². The van der Waals surface area contributed by atoms with Crippen LogP contribution in [-0.2, 0) is 4.74 Å². The van der Waals surface area contributed by atoms with E-state index >= 15 is 0 Å². The number of ether oxygens (including phenoxy) is 2. The van der Waals surface area contributed by atoms with E-state index in [4.69, 9.17) is 9.47 Å². The lowest BCUT2D eigenvalue weighted by molar-refractivity contribution is 0.186. The Balaban J connectivity index is 2.57. The van der Waals surface area contributed by atoms with Gasteiger partial charge in [-0.3, -0.25) is 4.99 Å². The van der Waals surface area contributed by atoms with Crippen LogP contribution in [-0.4, -0.2) is 50.5 Å². The summed E-state index contributed by atoms with van der Waals surface area (Å²) in [5, 5.41) is 16.5. The van der Waals surface area contributed by atoms with Gasteiger partial charge in [-0.25, -0.2) is 0 Å². The average molecular weight is 323 g/mol. The molecule has 0 aliphatic rings. The van der Waals surface area contributed by atoms with Crippen LogP contribution in [0.4, 0.5) is 0 Å². The smallest absolute Gasteiger partial charge is 0.191 e. The largest absolute Gasteiger partial charge is 0.491 e. The van der Waals surface area contributed by atoms with Crippen molar-refractivity contribution >= 4 is 5.96 Å². The van der Waals surface area contributed by atoms with Crippen LogP contribution < -0.4 is 15.4 Å². The van der Waals surface area contributed by atoms with Gasteiger partial charge in [0.25, 0.3) is 0 Å². The zero-order chi connectivity index (χ0) is 17.1. The van der Waals surface area contributed by atoms with Crippen molar-refractivity contribution < 1.29 is 14.6 Å². The molecule has 130 valence electrons. The lowest BCUT2D eigenvalue weighted by Gasteiger charge is -2.14. The molecule has 1 rings (SSSR count).